The zero-order valence-electron chi connectivity index (χ0n) is 11.8. The molecule has 0 bridgehead atoms. The van der Waals surface area contributed by atoms with Gasteiger partial charge in [-0.25, -0.2) is 4.79 Å². The summed E-state index contributed by atoms with van der Waals surface area (Å²) in [6.07, 6.45) is 3.16. The van der Waals surface area contributed by atoms with Crippen LogP contribution in [0.5, 0.6) is 0 Å². The second-order valence-corrected chi connectivity index (χ2v) is 5.10. The molecule has 0 radical (unpaired) electrons. The van der Waals surface area contributed by atoms with Crippen molar-refractivity contribution in [3.8, 4) is 0 Å². The third-order valence-corrected chi connectivity index (χ3v) is 3.56. The summed E-state index contributed by atoms with van der Waals surface area (Å²) in [5.74, 6) is -1.23. The predicted molar refractivity (Wildman–Crippen MR) is 76.7 cm³/mol. The van der Waals surface area contributed by atoms with Crippen molar-refractivity contribution in [1.82, 2.24) is 5.32 Å². The number of carbonyl (C=O) groups excluding carboxylic acids is 3. The van der Waals surface area contributed by atoms with Crippen molar-refractivity contribution < 1.29 is 19.1 Å². The van der Waals surface area contributed by atoms with Gasteiger partial charge in [0, 0.05) is 18.0 Å². The number of amides is 1. The van der Waals surface area contributed by atoms with Gasteiger partial charge < -0.3 is 10.1 Å². The zero-order chi connectivity index (χ0) is 15.1. The first-order valence-corrected chi connectivity index (χ1v) is 7.22. The number of Topliss-reactive ketones (excluding diaryl/α,β-unsaturated/α-hetero) is 1. The van der Waals surface area contributed by atoms with E-state index in [4.69, 9.17) is 4.74 Å². The van der Waals surface area contributed by atoms with Gasteiger partial charge in [-0.1, -0.05) is 30.3 Å². The number of carbonyl (C=O) groups is 3. The van der Waals surface area contributed by atoms with Crippen molar-refractivity contribution in [2.45, 2.75) is 25.7 Å². The van der Waals surface area contributed by atoms with Crippen LogP contribution in [0.4, 0.5) is 0 Å². The number of ketones is 1. The summed E-state index contributed by atoms with van der Waals surface area (Å²) in [4.78, 5) is 34.7. The van der Waals surface area contributed by atoms with Crippen LogP contribution in [0, 0.1) is 5.92 Å². The number of benzene rings is 1. The molecule has 1 atom stereocenters. The summed E-state index contributed by atoms with van der Waals surface area (Å²) < 4.78 is 4.96. The maximum absolute atomic E-state index is 11.7. The molecule has 1 saturated heterocycles. The number of rotatable bonds is 7. The minimum atomic E-state index is -0.820. The zero-order valence-corrected chi connectivity index (χ0v) is 11.8. The number of nitrogens with one attached hydrogen (secondary N) is 1. The molecule has 1 N–H and O–H groups in total. The van der Waals surface area contributed by atoms with E-state index in [1.165, 1.54) is 0 Å². The SMILES string of the molecule is O=C(OCCCC[C@H]1CCNC1=O)C(=O)c1ccccc1. The van der Waals surface area contributed by atoms with E-state index in [0.717, 1.165) is 25.8 Å². The lowest BCUT2D eigenvalue weighted by Crippen LogP contribution is -2.19. The topological polar surface area (TPSA) is 72.5 Å². The van der Waals surface area contributed by atoms with Crippen molar-refractivity contribution in [2.24, 2.45) is 5.92 Å². The van der Waals surface area contributed by atoms with E-state index in [1.54, 1.807) is 30.3 Å². The molecule has 0 saturated carbocycles. The van der Waals surface area contributed by atoms with Crippen molar-refractivity contribution in [1.29, 1.82) is 0 Å². The molecule has 0 unspecified atom stereocenters. The summed E-state index contributed by atoms with van der Waals surface area (Å²) in [7, 11) is 0. The van der Waals surface area contributed by atoms with Crippen LogP contribution in [0.15, 0.2) is 30.3 Å². The Morgan fingerprint density at radius 2 is 1.95 bits per heavy atom. The molecule has 2 rings (SSSR count). The van der Waals surface area contributed by atoms with Crippen molar-refractivity contribution in [3.05, 3.63) is 35.9 Å². The molecule has 1 amide bonds. The van der Waals surface area contributed by atoms with Gasteiger partial charge in [0.2, 0.25) is 5.91 Å². The maximum atomic E-state index is 11.7. The quantitative estimate of drug-likeness (QED) is 0.359. The van der Waals surface area contributed by atoms with Gasteiger partial charge in [-0.05, 0) is 25.7 Å². The molecule has 1 aromatic rings. The highest BCUT2D eigenvalue weighted by atomic mass is 16.5. The molecule has 0 aliphatic carbocycles. The van der Waals surface area contributed by atoms with Crippen LogP contribution >= 0.6 is 0 Å². The molecule has 0 spiro atoms. The summed E-state index contributed by atoms with van der Waals surface area (Å²) in [5.41, 5.74) is 0.338. The molecule has 1 heterocycles. The van der Waals surface area contributed by atoms with Crippen LogP contribution in [-0.2, 0) is 14.3 Å². The summed E-state index contributed by atoms with van der Waals surface area (Å²) >= 11 is 0. The Labute approximate surface area is 123 Å². The Kier molecular flexibility index (Phi) is 5.49. The fourth-order valence-electron chi connectivity index (χ4n) is 2.35. The van der Waals surface area contributed by atoms with Gasteiger partial charge in [-0.15, -0.1) is 0 Å². The van der Waals surface area contributed by atoms with Gasteiger partial charge in [0.15, 0.2) is 0 Å². The maximum Gasteiger partial charge on any atom is 0.379 e. The highest BCUT2D eigenvalue weighted by molar-refractivity contribution is 6.40. The second kappa shape index (κ2) is 7.57. The Morgan fingerprint density at radius 3 is 2.62 bits per heavy atom. The van der Waals surface area contributed by atoms with Crippen LogP contribution < -0.4 is 5.32 Å². The first-order valence-electron chi connectivity index (χ1n) is 7.22. The van der Waals surface area contributed by atoms with E-state index in [1.807, 2.05) is 0 Å². The molecule has 0 aromatic heterocycles. The third kappa shape index (κ3) is 4.41. The Morgan fingerprint density at radius 1 is 1.19 bits per heavy atom. The first kappa shape index (κ1) is 15.2. The van der Waals surface area contributed by atoms with Crippen molar-refractivity contribution in [2.75, 3.05) is 13.2 Å². The van der Waals surface area contributed by atoms with Gasteiger partial charge in [0.1, 0.15) is 0 Å². The highest BCUT2D eigenvalue weighted by Crippen LogP contribution is 2.16. The smallest absolute Gasteiger partial charge is 0.379 e. The van der Waals surface area contributed by atoms with Crippen LogP contribution in [-0.4, -0.2) is 30.8 Å². The van der Waals surface area contributed by atoms with E-state index in [2.05, 4.69) is 5.32 Å². The predicted octanol–water partition coefficient (Wildman–Crippen LogP) is 1.72. The molecule has 1 aliphatic rings. The van der Waals surface area contributed by atoms with Gasteiger partial charge in [-0.3, -0.25) is 9.59 Å². The lowest BCUT2D eigenvalue weighted by Gasteiger charge is -2.07. The van der Waals surface area contributed by atoms with Crippen LogP contribution in [0.2, 0.25) is 0 Å². The molecule has 1 aliphatic heterocycles. The normalized spacial score (nSPS) is 17.3. The number of unbranched alkanes of at least 4 members (excludes halogenated alkanes) is 1. The van der Waals surface area contributed by atoms with Gasteiger partial charge in [0.25, 0.3) is 5.78 Å². The van der Waals surface area contributed by atoms with Crippen molar-refractivity contribution >= 4 is 17.7 Å². The van der Waals surface area contributed by atoms with E-state index < -0.39 is 11.8 Å². The minimum absolute atomic E-state index is 0.0895. The molecule has 21 heavy (non-hydrogen) atoms. The van der Waals surface area contributed by atoms with Crippen LogP contribution in [0.25, 0.3) is 0 Å². The summed E-state index contributed by atoms with van der Waals surface area (Å²) in [6, 6.07) is 8.35. The van der Waals surface area contributed by atoms with E-state index in [9.17, 15) is 14.4 Å². The Bertz CT molecular complexity index is 512. The third-order valence-electron chi connectivity index (χ3n) is 3.56. The van der Waals surface area contributed by atoms with E-state index in [0.29, 0.717) is 12.0 Å². The average Bonchev–Trinajstić information content (AvgIpc) is 2.92. The monoisotopic (exact) mass is 289 g/mol. The Hall–Kier alpha value is -2.17. The molecule has 112 valence electrons. The lowest BCUT2D eigenvalue weighted by molar-refractivity contribution is -0.138. The van der Waals surface area contributed by atoms with Gasteiger partial charge in [-0.2, -0.15) is 0 Å². The second-order valence-electron chi connectivity index (χ2n) is 5.10. The minimum Gasteiger partial charge on any atom is -0.460 e. The van der Waals surface area contributed by atoms with E-state index in [-0.39, 0.29) is 18.4 Å². The van der Waals surface area contributed by atoms with Crippen LogP contribution in [0.3, 0.4) is 0 Å². The number of hydrogen-bond acceptors (Lipinski definition) is 4. The number of ether oxygens (including phenoxy) is 1. The largest absolute Gasteiger partial charge is 0.460 e. The standard InChI is InChI=1S/C16H19NO4/c18-14(12-6-2-1-3-7-12)16(20)21-11-5-4-8-13-9-10-17-15(13)19/h1-3,6-7,13H,4-5,8-11H2,(H,17,19)/t13-/m0/s1. The fraction of sp³-hybridized carbons (Fsp3) is 0.438. The number of esters is 1. The molecule has 1 aromatic carbocycles. The van der Waals surface area contributed by atoms with Crippen molar-refractivity contribution in [3.63, 3.8) is 0 Å². The highest BCUT2D eigenvalue weighted by Gasteiger charge is 2.23. The number of hydrogen-bond donors (Lipinski definition) is 1. The van der Waals surface area contributed by atoms with Crippen LogP contribution in [0.1, 0.15) is 36.0 Å². The lowest BCUT2D eigenvalue weighted by atomic mass is 10.0. The molecule has 5 heteroatoms. The Balaban J connectivity index is 1.63. The molecular weight excluding hydrogens is 270 g/mol. The molecule has 5 nitrogen and oxygen atoms in total. The molecule has 1 fully saturated rings. The van der Waals surface area contributed by atoms with Gasteiger partial charge in [0.05, 0.1) is 6.61 Å². The summed E-state index contributed by atoms with van der Waals surface area (Å²) in [5, 5.41) is 2.79. The first-order chi connectivity index (χ1) is 10.2. The average molecular weight is 289 g/mol. The van der Waals surface area contributed by atoms with Gasteiger partial charge >= 0.3 is 5.97 Å². The fourth-order valence-corrected chi connectivity index (χ4v) is 2.35. The summed E-state index contributed by atoms with van der Waals surface area (Å²) in [6.45, 7) is 0.968. The molecular formula is C16H19NO4. The van der Waals surface area contributed by atoms with E-state index >= 15 is 0 Å².